The first-order chi connectivity index (χ1) is 12.7. The maximum atomic E-state index is 10.2. The average molecular weight is 361 g/mol. The predicted octanol–water partition coefficient (Wildman–Crippen LogP) is 2.41. The third-order valence-electron chi connectivity index (χ3n) is 4.97. The Hall–Kier alpha value is -1.59. The van der Waals surface area contributed by atoms with E-state index in [1.807, 2.05) is 30.3 Å². The minimum Gasteiger partial charge on any atom is -0.391 e. The molecule has 2 atom stereocenters. The number of rotatable bonds is 9. The number of guanidine groups is 1. The lowest BCUT2D eigenvalue weighted by molar-refractivity contribution is 0.159. The maximum Gasteiger partial charge on any atom is 0.191 e. The van der Waals surface area contributed by atoms with Crippen LogP contribution in [0, 0.1) is 0 Å². The lowest BCUT2D eigenvalue weighted by Crippen LogP contribution is -2.41. The number of aliphatic imine (C=N–C) groups is 1. The van der Waals surface area contributed by atoms with Gasteiger partial charge >= 0.3 is 0 Å². The van der Waals surface area contributed by atoms with Crippen molar-refractivity contribution >= 4 is 5.96 Å². The molecular weight excluding hydrogens is 324 g/mol. The number of benzene rings is 1. The Bertz CT molecular complexity index is 520. The van der Waals surface area contributed by atoms with Crippen LogP contribution in [0.1, 0.15) is 45.1 Å². The summed E-state index contributed by atoms with van der Waals surface area (Å²) in [5, 5.41) is 16.9. The van der Waals surface area contributed by atoms with Gasteiger partial charge < -0.3 is 20.6 Å². The Morgan fingerprint density at radius 2 is 2.08 bits per heavy atom. The molecule has 1 aliphatic heterocycles. The topological polar surface area (TPSA) is 59.9 Å². The average Bonchev–Trinajstić information content (AvgIpc) is 2.65. The Kier molecular flexibility index (Phi) is 9.50. The fourth-order valence-corrected chi connectivity index (χ4v) is 3.47. The molecule has 2 rings (SSSR count). The van der Waals surface area contributed by atoms with Crippen LogP contribution in [0.3, 0.4) is 0 Å². The van der Waals surface area contributed by atoms with Crippen molar-refractivity contribution in [3.63, 3.8) is 0 Å². The first-order valence-electron chi connectivity index (χ1n) is 10.2. The molecule has 1 aromatic carbocycles. The predicted molar refractivity (Wildman–Crippen MR) is 110 cm³/mol. The zero-order valence-corrected chi connectivity index (χ0v) is 16.5. The van der Waals surface area contributed by atoms with Gasteiger partial charge in [-0.15, -0.1) is 0 Å². The highest BCUT2D eigenvalue weighted by atomic mass is 16.3. The van der Waals surface area contributed by atoms with Crippen LogP contribution in [0.2, 0.25) is 0 Å². The SMILES string of the molecule is CCNC(=NCC(O)Cc1ccccc1)NCCCN1CCCCC1C. The molecule has 1 heterocycles. The summed E-state index contributed by atoms with van der Waals surface area (Å²) < 4.78 is 0. The number of piperidine rings is 1. The van der Waals surface area contributed by atoms with Crippen molar-refractivity contribution in [1.29, 1.82) is 0 Å². The molecule has 146 valence electrons. The maximum absolute atomic E-state index is 10.2. The minimum absolute atomic E-state index is 0.410. The molecule has 0 bridgehead atoms. The first kappa shape index (κ1) is 20.7. The van der Waals surface area contributed by atoms with Crippen molar-refractivity contribution in [1.82, 2.24) is 15.5 Å². The molecule has 26 heavy (non-hydrogen) atoms. The highest BCUT2D eigenvalue weighted by molar-refractivity contribution is 5.79. The number of nitrogens with zero attached hydrogens (tertiary/aromatic N) is 2. The van der Waals surface area contributed by atoms with Gasteiger partial charge in [0.05, 0.1) is 12.6 Å². The second-order valence-corrected chi connectivity index (χ2v) is 7.22. The van der Waals surface area contributed by atoms with E-state index in [1.54, 1.807) is 0 Å². The van der Waals surface area contributed by atoms with Gasteiger partial charge in [0.15, 0.2) is 5.96 Å². The van der Waals surface area contributed by atoms with Gasteiger partial charge in [0.1, 0.15) is 0 Å². The van der Waals surface area contributed by atoms with Gasteiger partial charge in [-0.25, -0.2) is 0 Å². The van der Waals surface area contributed by atoms with Crippen LogP contribution >= 0.6 is 0 Å². The van der Waals surface area contributed by atoms with Gasteiger partial charge in [-0.05, 0) is 45.2 Å². The van der Waals surface area contributed by atoms with Gasteiger partial charge in [-0.2, -0.15) is 0 Å². The molecule has 0 aliphatic carbocycles. The van der Waals surface area contributed by atoms with Crippen LogP contribution < -0.4 is 10.6 Å². The molecule has 1 fully saturated rings. The number of hydrogen-bond donors (Lipinski definition) is 3. The fraction of sp³-hybridized carbons (Fsp3) is 0.667. The quantitative estimate of drug-likeness (QED) is 0.360. The number of aliphatic hydroxyl groups is 1. The van der Waals surface area contributed by atoms with Crippen LogP contribution in [-0.2, 0) is 6.42 Å². The third kappa shape index (κ3) is 7.75. The van der Waals surface area contributed by atoms with E-state index in [9.17, 15) is 5.11 Å². The molecule has 5 heteroatoms. The first-order valence-corrected chi connectivity index (χ1v) is 10.2. The summed E-state index contributed by atoms with van der Waals surface area (Å²) in [6, 6.07) is 10.8. The van der Waals surface area contributed by atoms with Crippen molar-refractivity contribution in [2.24, 2.45) is 4.99 Å². The lowest BCUT2D eigenvalue weighted by Gasteiger charge is -2.33. The Labute approximate surface area is 158 Å². The van der Waals surface area contributed by atoms with Crippen LogP contribution in [-0.4, -0.2) is 60.8 Å². The van der Waals surface area contributed by atoms with Crippen molar-refractivity contribution in [3.05, 3.63) is 35.9 Å². The smallest absolute Gasteiger partial charge is 0.191 e. The summed E-state index contributed by atoms with van der Waals surface area (Å²) in [6.07, 6.45) is 5.33. The summed E-state index contributed by atoms with van der Waals surface area (Å²) >= 11 is 0. The third-order valence-corrected chi connectivity index (χ3v) is 4.97. The molecule has 1 saturated heterocycles. The fourth-order valence-electron chi connectivity index (χ4n) is 3.47. The number of nitrogens with one attached hydrogen (secondary N) is 2. The van der Waals surface area contributed by atoms with E-state index in [0.29, 0.717) is 13.0 Å². The van der Waals surface area contributed by atoms with Crippen LogP contribution in [0.25, 0.3) is 0 Å². The molecule has 0 saturated carbocycles. The van der Waals surface area contributed by atoms with E-state index >= 15 is 0 Å². The van der Waals surface area contributed by atoms with Gasteiger partial charge in [0, 0.05) is 32.1 Å². The van der Waals surface area contributed by atoms with Gasteiger partial charge in [0.25, 0.3) is 0 Å². The van der Waals surface area contributed by atoms with E-state index in [1.165, 1.54) is 25.8 Å². The lowest BCUT2D eigenvalue weighted by atomic mass is 10.0. The molecule has 5 nitrogen and oxygen atoms in total. The monoisotopic (exact) mass is 360 g/mol. The molecule has 2 unspecified atom stereocenters. The molecule has 1 aromatic rings. The van der Waals surface area contributed by atoms with Crippen molar-refractivity contribution in [2.75, 3.05) is 32.7 Å². The van der Waals surface area contributed by atoms with Crippen LogP contribution in [0.15, 0.2) is 35.3 Å². The minimum atomic E-state index is -0.456. The van der Waals surface area contributed by atoms with Crippen molar-refractivity contribution < 1.29 is 5.11 Å². The molecular formula is C21H36N4O. The van der Waals surface area contributed by atoms with Gasteiger partial charge in [0.2, 0.25) is 0 Å². The zero-order chi connectivity index (χ0) is 18.6. The summed E-state index contributed by atoms with van der Waals surface area (Å²) in [6.45, 7) is 8.92. The molecule has 0 spiro atoms. The highest BCUT2D eigenvalue weighted by Gasteiger charge is 2.17. The van der Waals surface area contributed by atoms with E-state index in [-0.39, 0.29) is 0 Å². The number of likely N-dealkylation sites (tertiary alicyclic amines) is 1. The normalized spacial score (nSPS) is 20.0. The Morgan fingerprint density at radius 3 is 2.81 bits per heavy atom. The molecule has 3 N–H and O–H groups in total. The second-order valence-electron chi connectivity index (χ2n) is 7.22. The summed E-state index contributed by atoms with van der Waals surface area (Å²) in [5.74, 6) is 0.798. The van der Waals surface area contributed by atoms with E-state index in [2.05, 4.69) is 34.4 Å². The van der Waals surface area contributed by atoms with Gasteiger partial charge in [-0.3, -0.25) is 4.99 Å². The zero-order valence-electron chi connectivity index (χ0n) is 16.5. The Balaban J connectivity index is 1.70. The molecule has 0 amide bonds. The molecule has 0 radical (unpaired) electrons. The van der Waals surface area contributed by atoms with E-state index in [4.69, 9.17) is 0 Å². The summed E-state index contributed by atoms with van der Waals surface area (Å²) in [4.78, 5) is 7.14. The number of hydrogen-bond acceptors (Lipinski definition) is 3. The molecule has 0 aromatic heterocycles. The Morgan fingerprint density at radius 1 is 1.27 bits per heavy atom. The molecule has 1 aliphatic rings. The van der Waals surface area contributed by atoms with Gasteiger partial charge in [-0.1, -0.05) is 36.8 Å². The van der Waals surface area contributed by atoms with Crippen LogP contribution in [0.4, 0.5) is 0 Å². The number of aliphatic hydroxyl groups excluding tert-OH is 1. The summed E-state index contributed by atoms with van der Waals surface area (Å²) in [5.41, 5.74) is 1.14. The van der Waals surface area contributed by atoms with Crippen molar-refractivity contribution in [3.8, 4) is 0 Å². The van der Waals surface area contributed by atoms with E-state index in [0.717, 1.165) is 43.6 Å². The standard InChI is InChI=1S/C21H36N4O/c1-3-22-21(23-13-9-15-25-14-8-7-10-18(25)2)24-17-20(26)16-19-11-5-4-6-12-19/h4-6,11-12,18,20,26H,3,7-10,13-17H2,1-2H3,(H2,22,23,24). The second kappa shape index (κ2) is 11.9. The van der Waals surface area contributed by atoms with Crippen LogP contribution in [0.5, 0.6) is 0 Å². The highest BCUT2D eigenvalue weighted by Crippen LogP contribution is 2.16. The largest absolute Gasteiger partial charge is 0.391 e. The van der Waals surface area contributed by atoms with Crippen molar-refractivity contribution in [2.45, 2.75) is 58.1 Å². The van der Waals surface area contributed by atoms with E-state index < -0.39 is 6.10 Å². The summed E-state index contributed by atoms with van der Waals surface area (Å²) in [7, 11) is 0.